The van der Waals surface area contributed by atoms with Gasteiger partial charge in [-0.25, -0.2) is 5.43 Å². The van der Waals surface area contributed by atoms with Crippen LogP contribution in [0.15, 0.2) is 71.8 Å². The number of benzene rings is 2. The van der Waals surface area contributed by atoms with E-state index in [2.05, 4.69) is 28.0 Å². The van der Waals surface area contributed by atoms with Crippen molar-refractivity contribution in [2.45, 2.75) is 19.3 Å². The van der Waals surface area contributed by atoms with E-state index in [0.29, 0.717) is 20.6 Å². The van der Waals surface area contributed by atoms with Crippen molar-refractivity contribution in [3.05, 3.63) is 87.1 Å². The van der Waals surface area contributed by atoms with E-state index in [-0.39, 0.29) is 23.7 Å². The van der Waals surface area contributed by atoms with Gasteiger partial charge in [0.1, 0.15) is 0 Å². The van der Waals surface area contributed by atoms with Gasteiger partial charge in [0.15, 0.2) is 0 Å². The van der Waals surface area contributed by atoms with E-state index in [1.807, 2.05) is 37.3 Å². The summed E-state index contributed by atoms with van der Waals surface area (Å²) in [5.74, 6) is 0.00604. The molecule has 2 N–H and O–H groups in total. The number of amides is 2. The number of thiophene rings is 1. The molecule has 1 aliphatic rings. The lowest BCUT2D eigenvalue weighted by molar-refractivity contribution is -0.122. The van der Waals surface area contributed by atoms with Gasteiger partial charge in [0.2, 0.25) is 5.91 Å². The molecular formula is C23H20ClN3O2S. The van der Waals surface area contributed by atoms with Crippen LogP contribution in [0.3, 0.4) is 0 Å². The van der Waals surface area contributed by atoms with Crippen LogP contribution < -0.4 is 10.7 Å². The molecule has 1 aliphatic carbocycles. The molecule has 152 valence electrons. The van der Waals surface area contributed by atoms with Crippen molar-refractivity contribution in [1.82, 2.24) is 5.43 Å². The molecule has 2 amide bonds. The number of hydrogen-bond acceptors (Lipinski definition) is 4. The van der Waals surface area contributed by atoms with E-state index in [4.69, 9.17) is 11.6 Å². The summed E-state index contributed by atoms with van der Waals surface area (Å²) in [6.45, 7) is 1.84. The first kappa shape index (κ1) is 20.3. The molecule has 4 rings (SSSR count). The molecule has 30 heavy (non-hydrogen) atoms. The van der Waals surface area contributed by atoms with Gasteiger partial charge in [0.25, 0.3) is 5.91 Å². The molecule has 2 aromatic carbocycles. The lowest BCUT2D eigenvalue weighted by atomic mass is 10.1. The molecular weight excluding hydrogens is 418 g/mol. The number of rotatable bonds is 6. The Kier molecular flexibility index (Phi) is 5.97. The Labute approximate surface area is 183 Å². The van der Waals surface area contributed by atoms with Gasteiger partial charge in [-0.15, -0.1) is 11.3 Å². The number of carbonyl (C=O) groups is 2. The number of carbonyl (C=O) groups excluding carboxylic acids is 2. The van der Waals surface area contributed by atoms with Crippen molar-refractivity contribution >= 4 is 46.2 Å². The van der Waals surface area contributed by atoms with Crippen molar-refractivity contribution < 1.29 is 9.59 Å². The van der Waals surface area contributed by atoms with E-state index in [1.165, 1.54) is 16.9 Å². The van der Waals surface area contributed by atoms with Crippen LogP contribution in [0, 0.1) is 5.92 Å². The topological polar surface area (TPSA) is 70.6 Å². The van der Waals surface area contributed by atoms with E-state index in [9.17, 15) is 9.59 Å². The fourth-order valence-electron chi connectivity index (χ4n) is 3.26. The van der Waals surface area contributed by atoms with Gasteiger partial charge in [-0.2, -0.15) is 5.10 Å². The average Bonchev–Trinajstić information content (AvgIpc) is 3.46. The number of halogens is 1. The third-order valence-corrected chi connectivity index (χ3v) is 6.28. The molecule has 0 spiro atoms. The van der Waals surface area contributed by atoms with Crippen LogP contribution in [0.2, 0.25) is 4.34 Å². The lowest BCUT2D eigenvalue weighted by Gasteiger charge is -2.06. The lowest BCUT2D eigenvalue weighted by Crippen LogP contribution is -2.21. The molecule has 1 aromatic heterocycles. The van der Waals surface area contributed by atoms with Crippen LogP contribution in [0.25, 0.3) is 0 Å². The zero-order valence-corrected chi connectivity index (χ0v) is 17.8. The van der Waals surface area contributed by atoms with Crippen LogP contribution in [-0.4, -0.2) is 17.5 Å². The summed E-state index contributed by atoms with van der Waals surface area (Å²) < 4.78 is 0.575. The van der Waals surface area contributed by atoms with Crippen molar-refractivity contribution in [1.29, 1.82) is 0 Å². The Morgan fingerprint density at radius 1 is 1.03 bits per heavy atom. The highest BCUT2D eigenvalue weighted by Crippen LogP contribution is 2.47. The van der Waals surface area contributed by atoms with E-state index in [1.54, 1.807) is 24.3 Å². The maximum Gasteiger partial charge on any atom is 0.265 e. The normalized spacial score (nSPS) is 18.0. The molecule has 0 radical (unpaired) electrons. The second kappa shape index (κ2) is 8.81. The molecule has 0 saturated heterocycles. The highest BCUT2D eigenvalue weighted by Gasteiger charge is 2.43. The molecule has 0 unspecified atom stereocenters. The Morgan fingerprint density at radius 3 is 2.43 bits per heavy atom. The first-order chi connectivity index (χ1) is 14.5. The highest BCUT2D eigenvalue weighted by atomic mass is 35.5. The van der Waals surface area contributed by atoms with Gasteiger partial charge in [0, 0.05) is 11.6 Å². The summed E-state index contributed by atoms with van der Waals surface area (Å²) in [5.41, 5.74) is 6.11. The molecule has 5 nitrogen and oxygen atoms in total. The number of nitrogens with one attached hydrogen (secondary N) is 2. The van der Waals surface area contributed by atoms with E-state index < -0.39 is 0 Å². The first-order valence-corrected chi connectivity index (χ1v) is 10.8. The smallest absolute Gasteiger partial charge is 0.265 e. The van der Waals surface area contributed by atoms with Gasteiger partial charge >= 0.3 is 0 Å². The minimum atomic E-state index is -0.199. The maximum absolute atomic E-state index is 12.4. The van der Waals surface area contributed by atoms with Gasteiger partial charge in [0.05, 0.1) is 14.9 Å². The molecule has 3 aromatic rings. The Balaban J connectivity index is 1.32. The molecule has 1 fully saturated rings. The Hall–Kier alpha value is -2.96. The zero-order valence-electron chi connectivity index (χ0n) is 16.3. The zero-order chi connectivity index (χ0) is 21.1. The minimum Gasteiger partial charge on any atom is -0.321 e. The molecule has 0 bridgehead atoms. The molecule has 1 heterocycles. The number of hydrogen-bond donors (Lipinski definition) is 2. The molecule has 0 aliphatic heterocycles. The van der Waals surface area contributed by atoms with E-state index in [0.717, 1.165) is 12.0 Å². The van der Waals surface area contributed by atoms with Gasteiger partial charge < -0.3 is 5.32 Å². The van der Waals surface area contributed by atoms with Crippen LogP contribution in [0.5, 0.6) is 0 Å². The predicted molar refractivity (Wildman–Crippen MR) is 121 cm³/mol. The fourth-order valence-corrected chi connectivity index (χ4v) is 4.20. The third kappa shape index (κ3) is 4.78. The quantitative estimate of drug-likeness (QED) is 0.406. The second-order valence-corrected chi connectivity index (χ2v) is 8.88. The summed E-state index contributed by atoms with van der Waals surface area (Å²) in [6.07, 6.45) is 0.855. The summed E-state index contributed by atoms with van der Waals surface area (Å²) in [4.78, 5) is 25.1. The Morgan fingerprint density at radius 2 is 1.77 bits per heavy atom. The van der Waals surface area contributed by atoms with Gasteiger partial charge in [-0.05, 0) is 54.7 Å². The molecule has 2 atom stereocenters. The number of nitrogens with zero attached hydrogens (tertiary/aromatic N) is 1. The predicted octanol–water partition coefficient (Wildman–Crippen LogP) is 5.30. The van der Waals surface area contributed by atoms with Crippen LogP contribution in [0.1, 0.15) is 40.1 Å². The van der Waals surface area contributed by atoms with Crippen molar-refractivity contribution in [3.63, 3.8) is 0 Å². The van der Waals surface area contributed by atoms with Crippen LogP contribution >= 0.6 is 22.9 Å². The van der Waals surface area contributed by atoms with Gasteiger partial charge in [-0.3, -0.25) is 9.59 Å². The summed E-state index contributed by atoms with van der Waals surface area (Å²) in [6, 6.07) is 20.8. The largest absolute Gasteiger partial charge is 0.321 e. The molecule has 7 heteroatoms. The second-order valence-electron chi connectivity index (χ2n) is 7.17. The van der Waals surface area contributed by atoms with Crippen molar-refractivity contribution in [2.24, 2.45) is 11.0 Å². The Bertz CT molecular complexity index is 1090. The first-order valence-electron chi connectivity index (χ1n) is 9.57. The number of hydrazone groups is 1. The van der Waals surface area contributed by atoms with E-state index >= 15 is 0 Å². The SMILES string of the molecule is CC(=NNC(=O)[C@@H]1C[C@H]1c1ccccc1)c1ccc(NC(=O)c2ccc(Cl)s2)cc1. The molecule has 1 saturated carbocycles. The highest BCUT2D eigenvalue weighted by molar-refractivity contribution is 7.18. The summed E-state index contributed by atoms with van der Waals surface area (Å²) in [5, 5.41) is 7.08. The average molecular weight is 438 g/mol. The third-order valence-electron chi connectivity index (χ3n) is 5.05. The van der Waals surface area contributed by atoms with Crippen LogP contribution in [-0.2, 0) is 4.79 Å². The monoisotopic (exact) mass is 437 g/mol. The minimum absolute atomic E-state index is 0.0210. The van der Waals surface area contributed by atoms with Crippen LogP contribution in [0.4, 0.5) is 5.69 Å². The van der Waals surface area contributed by atoms with Gasteiger partial charge in [-0.1, -0.05) is 54.1 Å². The maximum atomic E-state index is 12.4. The van der Waals surface area contributed by atoms with Crippen molar-refractivity contribution in [3.8, 4) is 0 Å². The fraction of sp³-hybridized carbons (Fsp3) is 0.174. The van der Waals surface area contributed by atoms with Crippen molar-refractivity contribution in [2.75, 3.05) is 5.32 Å². The standard InChI is InChI=1S/C23H20ClN3O2S/c1-14(26-27-22(28)19-13-18(19)16-5-3-2-4-6-16)15-7-9-17(10-8-15)25-23(29)20-11-12-21(24)30-20/h2-12,18-19H,13H2,1H3,(H,25,29)(H,27,28)/t18-,19+/m0/s1. The summed E-state index contributed by atoms with van der Waals surface area (Å²) >= 11 is 7.11. The number of anilines is 1. The summed E-state index contributed by atoms with van der Waals surface area (Å²) in [7, 11) is 0.